The van der Waals surface area contributed by atoms with Crippen LogP contribution in [-0.2, 0) is 15.4 Å². The maximum atomic E-state index is 13.0. The molecule has 0 saturated carbocycles. The number of piperazine rings is 1. The fourth-order valence-electron chi connectivity index (χ4n) is 3.45. The average molecular weight is 431 g/mol. The Bertz CT molecular complexity index is 969. The molecule has 1 heterocycles. The van der Waals surface area contributed by atoms with E-state index >= 15 is 0 Å². The predicted molar refractivity (Wildman–Crippen MR) is 117 cm³/mol. The van der Waals surface area contributed by atoms with E-state index in [9.17, 15) is 13.2 Å². The number of hydrogen-bond acceptors (Lipinski definition) is 4. The lowest BCUT2D eigenvalue weighted by atomic mass is 9.87. The van der Waals surface area contributed by atoms with E-state index in [1.165, 1.54) is 4.31 Å². The van der Waals surface area contributed by atoms with Crippen molar-refractivity contribution in [3.05, 3.63) is 59.7 Å². The van der Waals surface area contributed by atoms with E-state index in [1.54, 1.807) is 41.3 Å². The van der Waals surface area contributed by atoms with E-state index < -0.39 is 10.0 Å². The molecule has 6 nitrogen and oxygen atoms in total. The molecule has 0 aromatic heterocycles. The van der Waals surface area contributed by atoms with Gasteiger partial charge in [-0.15, -0.1) is 0 Å². The van der Waals surface area contributed by atoms with Crippen LogP contribution in [0.2, 0.25) is 0 Å². The van der Waals surface area contributed by atoms with Gasteiger partial charge >= 0.3 is 0 Å². The molecular weight excluding hydrogens is 400 g/mol. The van der Waals surface area contributed by atoms with Gasteiger partial charge in [-0.3, -0.25) is 4.79 Å². The summed E-state index contributed by atoms with van der Waals surface area (Å²) in [5.41, 5.74) is 1.63. The first kappa shape index (κ1) is 22.3. The number of carbonyl (C=O) groups excluding carboxylic acids is 1. The minimum atomic E-state index is -3.57. The number of benzene rings is 2. The van der Waals surface area contributed by atoms with E-state index in [-0.39, 0.29) is 24.4 Å². The molecule has 162 valence electrons. The number of sulfonamides is 1. The lowest BCUT2D eigenvalue weighted by molar-refractivity contribution is 0.0698. The van der Waals surface area contributed by atoms with Gasteiger partial charge in [0.25, 0.3) is 5.91 Å². The quantitative estimate of drug-likeness (QED) is 0.728. The van der Waals surface area contributed by atoms with Gasteiger partial charge in [0.05, 0.1) is 11.5 Å². The predicted octanol–water partition coefficient (Wildman–Crippen LogP) is 3.53. The fraction of sp³-hybridized carbons (Fsp3) is 0.435. The summed E-state index contributed by atoms with van der Waals surface area (Å²) in [7, 11) is -3.57. The number of ether oxygens (including phenoxy) is 1. The summed E-state index contributed by atoms with van der Waals surface area (Å²) >= 11 is 0. The Morgan fingerprint density at radius 2 is 1.50 bits per heavy atom. The molecule has 0 spiro atoms. The third-order valence-corrected chi connectivity index (χ3v) is 7.21. The lowest BCUT2D eigenvalue weighted by Gasteiger charge is -2.34. The van der Waals surface area contributed by atoms with Crippen LogP contribution in [0.3, 0.4) is 0 Å². The van der Waals surface area contributed by atoms with Gasteiger partial charge in [0.1, 0.15) is 5.75 Å². The van der Waals surface area contributed by atoms with E-state index in [2.05, 4.69) is 20.8 Å². The molecule has 1 fully saturated rings. The van der Waals surface area contributed by atoms with E-state index in [1.807, 2.05) is 19.1 Å². The van der Waals surface area contributed by atoms with E-state index in [0.29, 0.717) is 30.2 Å². The summed E-state index contributed by atoms with van der Waals surface area (Å²) in [5.74, 6) is 0.632. The van der Waals surface area contributed by atoms with Crippen molar-refractivity contribution in [1.82, 2.24) is 9.21 Å². The van der Waals surface area contributed by atoms with E-state index in [0.717, 1.165) is 11.3 Å². The van der Waals surface area contributed by atoms with Crippen molar-refractivity contribution < 1.29 is 17.9 Å². The zero-order chi connectivity index (χ0) is 21.9. The molecule has 1 aliphatic heterocycles. The van der Waals surface area contributed by atoms with Crippen LogP contribution in [-0.4, -0.2) is 56.3 Å². The largest absolute Gasteiger partial charge is 0.494 e. The molecule has 2 aromatic carbocycles. The number of carbonyl (C=O) groups is 1. The monoisotopic (exact) mass is 430 g/mol. The minimum absolute atomic E-state index is 0.0326. The van der Waals surface area contributed by atoms with E-state index in [4.69, 9.17) is 4.74 Å². The molecular formula is C23H30N2O4S. The van der Waals surface area contributed by atoms with Gasteiger partial charge in [-0.1, -0.05) is 32.9 Å². The Labute approximate surface area is 179 Å². The van der Waals surface area contributed by atoms with Crippen molar-refractivity contribution >= 4 is 15.9 Å². The van der Waals surface area contributed by atoms with Gasteiger partial charge in [0.2, 0.25) is 10.0 Å². The Kier molecular flexibility index (Phi) is 6.53. The highest BCUT2D eigenvalue weighted by molar-refractivity contribution is 7.89. The minimum Gasteiger partial charge on any atom is -0.494 e. The standard InChI is InChI=1S/C23H30N2O4S/c1-5-29-20-10-6-18(7-11-20)22(26)24-14-16-25(17-15-24)30(27,28)21-12-8-19(9-13-21)23(2,3)4/h6-13H,5,14-17H2,1-4H3. The van der Waals surface area contributed by atoms with Crippen molar-refractivity contribution in [2.24, 2.45) is 0 Å². The molecule has 1 saturated heterocycles. The van der Waals surface area contributed by atoms with Crippen LogP contribution in [0.15, 0.2) is 53.4 Å². The van der Waals surface area contributed by atoms with Crippen LogP contribution in [0.25, 0.3) is 0 Å². The summed E-state index contributed by atoms with van der Waals surface area (Å²) in [6, 6.07) is 14.1. The van der Waals surface area contributed by atoms with Gasteiger partial charge < -0.3 is 9.64 Å². The molecule has 0 atom stereocenters. The first-order valence-corrected chi connectivity index (χ1v) is 11.7. The highest BCUT2D eigenvalue weighted by atomic mass is 32.2. The first-order valence-electron chi connectivity index (χ1n) is 10.3. The normalized spacial score (nSPS) is 15.8. The molecule has 3 rings (SSSR count). The zero-order valence-electron chi connectivity index (χ0n) is 18.1. The second-order valence-corrected chi connectivity index (χ2v) is 10.4. The molecule has 2 aromatic rings. The van der Waals surface area contributed by atoms with Crippen molar-refractivity contribution in [2.45, 2.75) is 38.0 Å². The van der Waals surface area contributed by atoms with Crippen LogP contribution in [0.1, 0.15) is 43.6 Å². The van der Waals surface area contributed by atoms with Crippen LogP contribution in [0, 0.1) is 0 Å². The maximum Gasteiger partial charge on any atom is 0.253 e. The molecule has 7 heteroatoms. The maximum absolute atomic E-state index is 13.0. The Balaban J connectivity index is 1.64. The Morgan fingerprint density at radius 1 is 0.933 bits per heavy atom. The van der Waals surface area contributed by atoms with Crippen LogP contribution in [0.5, 0.6) is 5.75 Å². The lowest BCUT2D eigenvalue weighted by Crippen LogP contribution is -2.50. The molecule has 30 heavy (non-hydrogen) atoms. The topological polar surface area (TPSA) is 66.9 Å². The molecule has 0 unspecified atom stereocenters. The Morgan fingerprint density at radius 3 is 2.00 bits per heavy atom. The fourth-order valence-corrected chi connectivity index (χ4v) is 4.87. The zero-order valence-corrected chi connectivity index (χ0v) is 18.9. The summed E-state index contributed by atoms with van der Waals surface area (Å²) in [6.07, 6.45) is 0. The third kappa shape index (κ3) is 4.84. The molecule has 0 radical (unpaired) electrons. The number of nitrogens with zero attached hydrogens (tertiary/aromatic N) is 2. The van der Waals surface area contributed by atoms with Crippen LogP contribution < -0.4 is 4.74 Å². The smallest absolute Gasteiger partial charge is 0.253 e. The molecule has 1 aliphatic rings. The van der Waals surface area contributed by atoms with Crippen molar-refractivity contribution in [3.63, 3.8) is 0 Å². The molecule has 0 aliphatic carbocycles. The SMILES string of the molecule is CCOc1ccc(C(=O)N2CCN(S(=O)(=O)c3ccc(C(C)(C)C)cc3)CC2)cc1. The van der Waals surface area contributed by atoms with Crippen molar-refractivity contribution in [1.29, 1.82) is 0 Å². The third-order valence-electron chi connectivity index (χ3n) is 5.30. The van der Waals surface area contributed by atoms with Crippen molar-refractivity contribution in [3.8, 4) is 5.75 Å². The highest BCUT2D eigenvalue weighted by Crippen LogP contribution is 2.25. The van der Waals surface area contributed by atoms with Crippen LogP contribution in [0.4, 0.5) is 0 Å². The van der Waals surface area contributed by atoms with Gasteiger partial charge in [-0.05, 0) is 54.3 Å². The van der Waals surface area contributed by atoms with Gasteiger partial charge in [-0.2, -0.15) is 4.31 Å². The summed E-state index contributed by atoms with van der Waals surface area (Å²) < 4.78 is 32.9. The number of rotatable bonds is 5. The second-order valence-electron chi connectivity index (χ2n) is 8.43. The molecule has 0 N–H and O–H groups in total. The number of hydrogen-bond donors (Lipinski definition) is 0. The molecule has 0 bridgehead atoms. The van der Waals surface area contributed by atoms with Gasteiger partial charge in [0.15, 0.2) is 0 Å². The van der Waals surface area contributed by atoms with Crippen LogP contribution >= 0.6 is 0 Å². The second kappa shape index (κ2) is 8.78. The summed E-state index contributed by atoms with van der Waals surface area (Å²) in [4.78, 5) is 14.7. The number of amides is 1. The Hall–Kier alpha value is -2.38. The van der Waals surface area contributed by atoms with Crippen molar-refractivity contribution in [2.75, 3.05) is 32.8 Å². The van der Waals surface area contributed by atoms with Gasteiger partial charge in [0, 0.05) is 31.7 Å². The molecule has 1 amide bonds. The first-order chi connectivity index (χ1) is 14.1. The summed E-state index contributed by atoms with van der Waals surface area (Å²) in [5, 5.41) is 0. The average Bonchev–Trinajstić information content (AvgIpc) is 2.73. The van der Waals surface area contributed by atoms with Gasteiger partial charge in [-0.25, -0.2) is 8.42 Å². The highest BCUT2D eigenvalue weighted by Gasteiger charge is 2.30. The summed E-state index contributed by atoms with van der Waals surface area (Å²) in [6.45, 7) is 10.1.